The number of hydrogen-bond acceptors (Lipinski definition) is 5. The first-order chi connectivity index (χ1) is 15.4. The fourth-order valence-electron chi connectivity index (χ4n) is 3.02. The lowest BCUT2D eigenvalue weighted by atomic mass is 10.1. The number of carbonyl (C=O) groups excluding carboxylic acids is 2. The van der Waals surface area contributed by atoms with Crippen LogP contribution in [0.5, 0.6) is 0 Å². The summed E-state index contributed by atoms with van der Waals surface area (Å²) in [6, 6.07) is 13.2. The highest BCUT2D eigenvalue weighted by Gasteiger charge is 2.17. The van der Waals surface area contributed by atoms with Gasteiger partial charge < -0.3 is 15.2 Å². The van der Waals surface area contributed by atoms with Crippen molar-refractivity contribution in [2.24, 2.45) is 0 Å². The van der Waals surface area contributed by atoms with Crippen LogP contribution in [0.3, 0.4) is 0 Å². The van der Waals surface area contributed by atoms with E-state index in [1.807, 2.05) is 56.3 Å². The van der Waals surface area contributed by atoms with Gasteiger partial charge in [-0.25, -0.2) is 0 Å². The summed E-state index contributed by atoms with van der Waals surface area (Å²) in [7, 11) is 0. The second-order valence-electron chi connectivity index (χ2n) is 7.19. The molecule has 0 atom stereocenters. The molecule has 1 aromatic heterocycles. The van der Waals surface area contributed by atoms with E-state index in [1.54, 1.807) is 10.6 Å². The third-order valence-corrected chi connectivity index (χ3v) is 6.04. The Hall–Kier alpha value is -2.91. The summed E-state index contributed by atoms with van der Waals surface area (Å²) in [5.74, 6) is 0.349. The first-order valence-corrected chi connectivity index (χ1v) is 11.7. The van der Waals surface area contributed by atoms with E-state index in [-0.39, 0.29) is 24.0 Å². The zero-order chi connectivity index (χ0) is 23.1. The fraction of sp³-hybridized carbons (Fsp3) is 0.217. The van der Waals surface area contributed by atoms with Gasteiger partial charge in [0.25, 0.3) is 0 Å². The maximum atomic E-state index is 12.6. The summed E-state index contributed by atoms with van der Waals surface area (Å²) < 4.78 is 2.74. The van der Waals surface area contributed by atoms with Crippen LogP contribution in [-0.4, -0.2) is 32.3 Å². The summed E-state index contributed by atoms with van der Waals surface area (Å²) in [6.07, 6.45) is 1.78. The van der Waals surface area contributed by atoms with E-state index in [0.717, 1.165) is 27.0 Å². The molecule has 7 nitrogen and oxygen atoms in total. The third-order valence-electron chi connectivity index (χ3n) is 4.54. The number of nitrogens with zero attached hydrogens (tertiary/aromatic N) is 3. The first kappa shape index (κ1) is 23.7. The molecule has 166 valence electrons. The van der Waals surface area contributed by atoms with Crippen molar-refractivity contribution >= 4 is 50.9 Å². The van der Waals surface area contributed by atoms with E-state index >= 15 is 0 Å². The van der Waals surface area contributed by atoms with Gasteiger partial charge in [0.05, 0.1) is 12.2 Å². The zero-order valence-corrected chi connectivity index (χ0v) is 20.3. The molecule has 2 N–H and O–H groups in total. The largest absolute Gasteiger partial charge is 0.325 e. The molecule has 3 rings (SSSR count). The SMILES string of the molecule is C=CCn1c(CC(=O)Nc2ccc(C)cc2C)nnc1SCC(=O)Nc1ccc(Br)cc1. The molecule has 0 fully saturated rings. The highest BCUT2D eigenvalue weighted by atomic mass is 79.9. The van der Waals surface area contributed by atoms with Crippen LogP contribution in [0, 0.1) is 13.8 Å². The molecule has 1 heterocycles. The van der Waals surface area contributed by atoms with Crippen molar-refractivity contribution in [3.8, 4) is 0 Å². The quantitative estimate of drug-likeness (QED) is 0.318. The topological polar surface area (TPSA) is 88.9 Å². The monoisotopic (exact) mass is 513 g/mol. The van der Waals surface area contributed by atoms with Crippen LogP contribution < -0.4 is 10.6 Å². The van der Waals surface area contributed by atoms with Crippen molar-refractivity contribution in [2.45, 2.75) is 32.0 Å². The van der Waals surface area contributed by atoms with Gasteiger partial charge in [-0.1, -0.05) is 51.5 Å². The lowest BCUT2D eigenvalue weighted by Crippen LogP contribution is -2.18. The summed E-state index contributed by atoms with van der Waals surface area (Å²) in [6.45, 7) is 8.18. The van der Waals surface area contributed by atoms with Gasteiger partial charge in [-0.15, -0.1) is 16.8 Å². The summed E-state index contributed by atoms with van der Waals surface area (Å²) in [5, 5.41) is 14.7. The molecule has 0 saturated heterocycles. The molecule has 3 aromatic rings. The Morgan fingerprint density at radius 1 is 1.09 bits per heavy atom. The maximum absolute atomic E-state index is 12.6. The highest BCUT2D eigenvalue weighted by molar-refractivity contribution is 9.10. The molecule has 32 heavy (non-hydrogen) atoms. The van der Waals surface area contributed by atoms with Crippen molar-refractivity contribution in [2.75, 3.05) is 16.4 Å². The van der Waals surface area contributed by atoms with E-state index in [9.17, 15) is 9.59 Å². The first-order valence-electron chi connectivity index (χ1n) is 9.94. The highest BCUT2D eigenvalue weighted by Crippen LogP contribution is 2.20. The predicted molar refractivity (Wildman–Crippen MR) is 132 cm³/mol. The Morgan fingerprint density at radius 3 is 2.53 bits per heavy atom. The number of halogens is 1. The Labute approximate surface area is 199 Å². The van der Waals surface area contributed by atoms with Crippen LogP contribution in [0.2, 0.25) is 0 Å². The molecule has 0 aliphatic heterocycles. The number of amides is 2. The van der Waals surface area contributed by atoms with Crippen LogP contribution in [0.25, 0.3) is 0 Å². The fourth-order valence-corrected chi connectivity index (χ4v) is 4.05. The average molecular weight is 514 g/mol. The number of hydrogen-bond donors (Lipinski definition) is 2. The minimum Gasteiger partial charge on any atom is -0.325 e. The number of rotatable bonds is 9. The van der Waals surface area contributed by atoms with Crippen molar-refractivity contribution in [1.29, 1.82) is 0 Å². The predicted octanol–water partition coefficient (Wildman–Crippen LogP) is 4.76. The van der Waals surface area contributed by atoms with Crippen LogP contribution in [-0.2, 0) is 22.6 Å². The Morgan fingerprint density at radius 2 is 1.84 bits per heavy atom. The minimum absolute atomic E-state index is 0.0693. The number of aromatic nitrogens is 3. The van der Waals surface area contributed by atoms with Gasteiger partial charge in [0, 0.05) is 22.4 Å². The standard InChI is InChI=1S/C23H24BrN5O2S/c1-4-11-29-20(13-21(30)26-19-10-5-15(2)12-16(19)3)27-28-23(29)32-14-22(31)25-18-8-6-17(24)7-9-18/h4-10,12H,1,11,13-14H2,2-3H3,(H,25,31)(H,26,30). The number of benzene rings is 2. The van der Waals surface area contributed by atoms with Crippen molar-refractivity contribution in [1.82, 2.24) is 14.8 Å². The van der Waals surface area contributed by atoms with Gasteiger partial charge in [0.1, 0.15) is 5.82 Å². The number of nitrogens with one attached hydrogen (secondary N) is 2. The molecule has 0 unspecified atom stereocenters. The lowest BCUT2D eigenvalue weighted by Gasteiger charge is -2.10. The summed E-state index contributed by atoms with van der Waals surface area (Å²) in [4.78, 5) is 24.9. The van der Waals surface area contributed by atoms with Gasteiger partial charge in [-0.3, -0.25) is 9.59 Å². The van der Waals surface area contributed by atoms with Crippen LogP contribution >= 0.6 is 27.7 Å². The number of carbonyl (C=O) groups is 2. The van der Waals surface area contributed by atoms with E-state index in [4.69, 9.17) is 0 Å². The van der Waals surface area contributed by atoms with Gasteiger partial charge in [0.15, 0.2) is 5.16 Å². The maximum Gasteiger partial charge on any atom is 0.234 e. The number of allylic oxidation sites excluding steroid dienone is 1. The second kappa shape index (κ2) is 11.1. The molecule has 0 spiro atoms. The smallest absolute Gasteiger partial charge is 0.234 e. The molecule has 2 amide bonds. The van der Waals surface area contributed by atoms with Gasteiger partial charge >= 0.3 is 0 Å². The summed E-state index contributed by atoms with van der Waals surface area (Å²) in [5.41, 5.74) is 3.63. The minimum atomic E-state index is -0.181. The van der Waals surface area contributed by atoms with Crippen molar-refractivity contribution in [3.63, 3.8) is 0 Å². The van der Waals surface area contributed by atoms with Crippen LogP contribution in [0.15, 0.2) is 64.7 Å². The lowest BCUT2D eigenvalue weighted by molar-refractivity contribution is -0.116. The van der Waals surface area contributed by atoms with Gasteiger partial charge in [0.2, 0.25) is 11.8 Å². The molecule has 9 heteroatoms. The molecule has 0 radical (unpaired) electrons. The molecule has 0 bridgehead atoms. The van der Waals surface area contributed by atoms with E-state index in [0.29, 0.717) is 17.5 Å². The van der Waals surface area contributed by atoms with E-state index in [2.05, 4.69) is 43.3 Å². The van der Waals surface area contributed by atoms with Gasteiger partial charge in [-0.2, -0.15) is 0 Å². The number of anilines is 2. The zero-order valence-electron chi connectivity index (χ0n) is 17.9. The Balaban J connectivity index is 1.62. The average Bonchev–Trinajstić information content (AvgIpc) is 3.12. The van der Waals surface area contributed by atoms with Crippen LogP contribution in [0.4, 0.5) is 11.4 Å². The molecule has 2 aromatic carbocycles. The normalized spacial score (nSPS) is 10.6. The molecule has 0 saturated carbocycles. The van der Waals surface area contributed by atoms with Crippen LogP contribution in [0.1, 0.15) is 17.0 Å². The number of aryl methyl sites for hydroxylation is 2. The molecule has 0 aliphatic rings. The summed E-state index contributed by atoms with van der Waals surface area (Å²) >= 11 is 4.63. The molecular weight excluding hydrogens is 490 g/mol. The van der Waals surface area contributed by atoms with Crippen molar-refractivity contribution in [3.05, 3.63) is 76.5 Å². The third kappa shape index (κ3) is 6.54. The second-order valence-corrected chi connectivity index (χ2v) is 9.04. The number of thioether (sulfide) groups is 1. The Kier molecular flexibility index (Phi) is 8.24. The van der Waals surface area contributed by atoms with Gasteiger partial charge in [-0.05, 0) is 49.7 Å². The molecule has 0 aliphatic carbocycles. The van der Waals surface area contributed by atoms with E-state index < -0.39 is 0 Å². The van der Waals surface area contributed by atoms with Crippen molar-refractivity contribution < 1.29 is 9.59 Å². The Bertz CT molecular complexity index is 1130. The van der Waals surface area contributed by atoms with E-state index in [1.165, 1.54) is 11.8 Å². The molecular formula is C23H24BrN5O2S.